The quantitative estimate of drug-likeness (QED) is 0.666. The van der Waals surface area contributed by atoms with Gasteiger partial charge in [-0.25, -0.2) is 0 Å². The molecular weight excluding hydrogens is 272 g/mol. The molecule has 1 aliphatic rings. The summed E-state index contributed by atoms with van der Waals surface area (Å²) in [6.45, 7) is 2.90. The summed E-state index contributed by atoms with van der Waals surface area (Å²) >= 11 is 0. The molecule has 6 heteroatoms. The van der Waals surface area contributed by atoms with E-state index >= 15 is 0 Å². The topological polar surface area (TPSA) is 83.7 Å². The predicted molar refractivity (Wildman–Crippen MR) is 78.1 cm³/mol. The van der Waals surface area contributed by atoms with Crippen molar-refractivity contribution in [1.82, 2.24) is 4.90 Å². The number of non-ortho nitro benzene ring substituents is 1. The van der Waals surface area contributed by atoms with Crippen LogP contribution in [0.5, 0.6) is 0 Å². The van der Waals surface area contributed by atoms with Gasteiger partial charge in [-0.1, -0.05) is 18.6 Å². The van der Waals surface area contributed by atoms with Gasteiger partial charge in [0.2, 0.25) is 0 Å². The molecule has 2 atom stereocenters. The van der Waals surface area contributed by atoms with Gasteiger partial charge in [-0.15, -0.1) is 0 Å². The maximum absolute atomic E-state index is 11.0. The molecule has 1 fully saturated rings. The summed E-state index contributed by atoms with van der Waals surface area (Å²) in [6, 6.07) is 6.63. The molecule has 0 spiro atoms. The van der Waals surface area contributed by atoms with Gasteiger partial charge in [0.15, 0.2) is 0 Å². The van der Waals surface area contributed by atoms with Crippen LogP contribution in [0.4, 0.5) is 5.69 Å². The Kier molecular flexibility index (Phi) is 4.90. The first kappa shape index (κ1) is 15.4. The summed E-state index contributed by atoms with van der Waals surface area (Å²) in [5.74, 6) is -0.775. The van der Waals surface area contributed by atoms with E-state index in [1.165, 1.54) is 12.1 Å². The van der Waals surface area contributed by atoms with Crippen molar-refractivity contribution in [2.75, 3.05) is 6.54 Å². The Morgan fingerprint density at radius 3 is 2.67 bits per heavy atom. The summed E-state index contributed by atoms with van der Waals surface area (Å²) in [5.41, 5.74) is 1.06. The molecule has 0 bridgehead atoms. The smallest absolute Gasteiger partial charge is 0.304 e. The molecule has 1 aromatic carbocycles. The van der Waals surface area contributed by atoms with E-state index in [0.717, 1.165) is 31.4 Å². The van der Waals surface area contributed by atoms with E-state index < -0.39 is 10.9 Å². The standard InChI is InChI=1S/C15H20N2O4/c1-11(12-5-7-13(8-6-12)17(20)21)16-9-3-2-4-14(16)10-15(18)19/h5-8,11,14H,2-4,9-10H2,1H3,(H,18,19). The lowest BCUT2D eigenvalue weighted by atomic mass is 9.95. The van der Waals surface area contributed by atoms with Crippen molar-refractivity contribution in [3.63, 3.8) is 0 Å². The monoisotopic (exact) mass is 292 g/mol. The van der Waals surface area contributed by atoms with E-state index in [4.69, 9.17) is 5.11 Å². The lowest BCUT2D eigenvalue weighted by Crippen LogP contribution is -2.42. The number of benzene rings is 1. The normalized spacial score (nSPS) is 20.9. The predicted octanol–water partition coefficient (Wildman–Crippen LogP) is 2.99. The third-order valence-corrected chi connectivity index (χ3v) is 4.17. The molecule has 0 amide bonds. The summed E-state index contributed by atoms with van der Waals surface area (Å²) in [6.07, 6.45) is 3.16. The highest BCUT2D eigenvalue weighted by molar-refractivity contribution is 5.67. The fourth-order valence-corrected chi connectivity index (χ4v) is 3.02. The minimum absolute atomic E-state index is 0.0430. The highest BCUT2D eigenvalue weighted by atomic mass is 16.6. The van der Waals surface area contributed by atoms with Crippen LogP contribution in [0.25, 0.3) is 0 Å². The molecule has 21 heavy (non-hydrogen) atoms. The molecule has 1 heterocycles. The number of carboxylic acid groups (broad SMARTS) is 1. The molecule has 1 aliphatic heterocycles. The van der Waals surface area contributed by atoms with E-state index in [2.05, 4.69) is 4.90 Å². The summed E-state index contributed by atoms with van der Waals surface area (Å²) < 4.78 is 0. The van der Waals surface area contributed by atoms with Crippen LogP contribution in [0, 0.1) is 10.1 Å². The molecule has 0 radical (unpaired) electrons. The van der Waals surface area contributed by atoms with Gasteiger partial charge in [0.1, 0.15) is 0 Å². The maximum atomic E-state index is 11.0. The average molecular weight is 292 g/mol. The van der Waals surface area contributed by atoms with Crippen LogP contribution >= 0.6 is 0 Å². The molecule has 0 saturated carbocycles. The lowest BCUT2D eigenvalue weighted by molar-refractivity contribution is -0.384. The third-order valence-electron chi connectivity index (χ3n) is 4.17. The van der Waals surface area contributed by atoms with Crippen LogP contribution in [0.3, 0.4) is 0 Å². The van der Waals surface area contributed by atoms with E-state index in [0.29, 0.717) is 0 Å². The number of hydrogen-bond donors (Lipinski definition) is 1. The number of likely N-dealkylation sites (tertiary alicyclic amines) is 1. The summed E-state index contributed by atoms with van der Waals surface area (Å²) in [5, 5.41) is 19.7. The van der Waals surface area contributed by atoms with Crippen LogP contribution in [0.2, 0.25) is 0 Å². The van der Waals surface area contributed by atoms with Crippen molar-refractivity contribution in [1.29, 1.82) is 0 Å². The van der Waals surface area contributed by atoms with Crippen molar-refractivity contribution < 1.29 is 14.8 Å². The Hall–Kier alpha value is -1.95. The van der Waals surface area contributed by atoms with E-state index in [9.17, 15) is 14.9 Å². The van der Waals surface area contributed by atoms with Crippen LogP contribution in [-0.4, -0.2) is 33.5 Å². The fourth-order valence-electron chi connectivity index (χ4n) is 3.02. The second kappa shape index (κ2) is 6.67. The number of carboxylic acids is 1. The number of rotatable bonds is 5. The van der Waals surface area contributed by atoms with Gasteiger partial charge in [0.25, 0.3) is 5.69 Å². The zero-order valence-electron chi connectivity index (χ0n) is 12.1. The van der Waals surface area contributed by atoms with Crippen LogP contribution < -0.4 is 0 Å². The number of hydrogen-bond acceptors (Lipinski definition) is 4. The van der Waals surface area contributed by atoms with Crippen LogP contribution in [0.15, 0.2) is 24.3 Å². The van der Waals surface area contributed by atoms with Gasteiger partial charge in [0.05, 0.1) is 11.3 Å². The lowest BCUT2D eigenvalue weighted by Gasteiger charge is -2.39. The second-order valence-corrected chi connectivity index (χ2v) is 5.51. The summed E-state index contributed by atoms with van der Waals surface area (Å²) in [7, 11) is 0. The largest absolute Gasteiger partial charge is 0.481 e. The van der Waals surface area contributed by atoms with Crippen molar-refractivity contribution in [2.45, 2.75) is 44.7 Å². The number of aliphatic carboxylic acids is 1. The first-order valence-electron chi connectivity index (χ1n) is 7.21. The van der Waals surface area contributed by atoms with Gasteiger partial charge >= 0.3 is 5.97 Å². The van der Waals surface area contributed by atoms with Gasteiger partial charge < -0.3 is 5.11 Å². The minimum Gasteiger partial charge on any atom is -0.481 e. The molecular formula is C15H20N2O4. The zero-order chi connectivity index (χ0) is 15.4. The average Bonchev–Trinajstić information content (AvgIpc) is 2.46. The molecule has 0 aromatic heterocycles. The van der Waals surface area contributed by atoms with Crippen molar-refractivity contribution in [3.05, 3.63) is 39.9 Å². The van der Waals surface area contributed by atoms with Gasteiger partial charge in [-0.05, 0) is 31.9 Å². The van der Waals surface area contributed by atoms with Gasteiger partial charge in [-0.3, -0.25) is 19.8 Å². The number of nitro benzene ring substituents is 1. The van der Waals surface area contributed by atoms with Crippen molar-refractivity contribution in [3.8, 4) is 0 Å². The highest BCUT2D eigenvalue weighted by Crippen LogP contribution is 2.30. The molecule has 0 aliphatic carbocycles. The van der Waals surface area contributed by atoms with Crippen molar-refractivity contribution >= 4 is 11.7 Å². The number of piperidine rings is 1. The molecule has 1 saturated heterocycles. The number of nitro groups is 1. The van der Waals surface area contributed by atoms with Gasteiger partial charge in [-0.2, -0.15) is 0 Å². The maximum Gasteiger partial charge on any atom is 0.304 e. The van der Waals surface area contributed by atoms with E-state index in [-0.39, 0.29) is 24.2 Å². The number of carbonyl (C=O) groups is 1. The zero-order valence-corrected chi connectivity index (χ0v) is 12.1. The highest BCUT2D eigenvalue weighted by Gasteiger charge is 2.29. The first-order valence-corrected chi connectivity index (χ1v) is 7.21. The molecule has 6 nitrogen and oxygen atoms in total. The second-order valence-electron chi connectivity index (χ2n) is 5.51. The fraction of sp³-hybridized carbons (Fsp3) is 0.533. The number of nitrogens with zero attached hydrogens (tertiary/aromatic N) is 2. The van der Waals surface area contributed by atoms with Crippen molar-refractivity contribution in [2.24, 2.45) is 0 Å². The Bertz CT molecular complexity index is 515. The minimum atomic E-state index is -0.775. The summed E-state index contributed by atoms with van der Waals surface area (Å²) in [4.78, 5) is 23.5. The van der Waals surface area contributed by atoms with Crippen LogP contribution in [0.1, 0.15) is 44.2 Å². The Morgan fingerprint density at radius 2 is 2.10 bits per heavy atom. The molecule has 114 valence electrons. The van der Waals surface area contributed by atoms with Crippen LogP contribution in [-0.2, 0) is 4.79 Å². The van der Waals surface area contributed by atoms with Gasteiger partial charge in [0, 0.05) is 24.2 Å². The van der Waals surface area contributed by atoms with E-state index in [1.54, 1.807) is 12.1 Å². The Labute approximate surface area is 123 Å². The Balaban J connectivity index is 2.14. The third kappa shape index (κ3) is 3.78. The molecule has 1 N–H and O–H groups in total. The molecule has 2 unspecified atom stereocenters. The SMILES string of the molecule is CC(c1ccc([N+](=O)[O-])cc1)N1CCCCC1CC(=O)O. The molecule has 2 rings (SSSR count). The molecule has 1 aromatic rings. The first-order chi connectivity index (χ1) is 9.99. The van der Waals surface area contributed by atoms with E-state index in [1.807, 2.05) is 6.92 Å². The Morgan fingerprint density at radius 1 is 1.43 bits per heavy atom.